The molecule has 1 unspecified atom stereocenters. The van der Waals surface area contributed by atoms with Gasteiger partial charge in [-0.05, 0) is 24.1 Å². The normalized spacial score (nSPS) is 18.7. The molecule has 1 atom stereocenters. The zero-order valence-corrected chi connectivity index (χ0v) is 16.2. The molecule has 1 aromatic rings. The smallest absolute Gasteiger partial charge is 0.223 e. The first kappa shape index (κ1) is 18.6. The van der Waals surface area contributed by atoms with Crippen LogP contribution in [0.15, 0.2) is 64.7 Å². The van der Waals surface area contributed by atoms with Crippen LogP contribution in [0, 0.1) is 5.92 Å². The lowest BCUT2D eigenvalue weighted by Crippen LogP contribution is -2.40. The lowest BCUT2D eigenvalue weighted by molar-refractivity contribution is -0.134. The number of carbonyl (C=O) groups is 2. The van der Waals surface area contributed by atoms with Crippen LogP contribution < -0.4 is 5.32 Å². The topological polar surface area (TPSA) is 49.4 Å². The van der Waals surface area contributed by atoms with Gasteiger partial charge in [-0.2, -0.15) is 0 Å². The Hall–Kier alpha value is -2.14. The number of fused-ring (bicyclic) bond motifs is 1. The van der Waals surface area contributed by atoms with Crippen molar-refractivity contribution >= 4 is 27.7 Å². The van der Waals surface area contributed by atoms with Crippen molar-refractivity contribution in [3.05, 3.63) is 70.3 Å². The minimum atomic E-state index is -0.0857. The van der Waals surface area contributed by atoms with E-state index in [4.69, 9.17) is 0 Å². The van der Waals surface area contributed by atoms with Crippen LogP contribution in [0.1, 0.15) is 24.8 Å². The molecule has 1 aromatic carbocycles. The van der Waals surface area contributed by atoms with Gasteiger partial charge in [0.05, 0.1) is 0 Å². The number of rotatable bonds is 5. The predicted octanol–water partition coefficient (Wildman–Crippen LogP) is 3.75. The van der Waals surface area contributed by atoms with E-state index in [9.17, 15) is 9.59 Å². The number of nitrogens with one attached hydrogen (secondary N) is 1. The Kier molecular flexibility index (Phi) is 6.45. The maximum absolute atomic E-state index is 12.5. The summed E-state index contributed by atoms with van der Waals surface area (Å²) in [4.78, 5) is 26.4. The highest BCUT2D eigenvalue weighted by Gasteiger charge is 2.25. The quantitative estimate of drug-likeness (QED) is 0.797. The molecule has 1 saturated heterocycles. The molecular formula is C21H23BrN2O2. The van der Waals surface area contributed by atoms with Crippen LogP contribution in [0.5, 0.6) is 0 Å². The molecule has 3 rings (SSSR count). The number of hydrogen-bond donors (Lipinski definition) is 1. The van der Waals surface area contributed by atoms with Crippen molar-refractivity contribution in [1.82, 2.24) is 10.2 Å². The van der Waals surface area contributed by atoms with Crippen molar-refractivity contribution in [3.8, 4) is 0 Å². The lowest BCUT2D eigenvalue weighted by atomic mass is 9.91. The number of nitrogens with zero attached hydrogens (tertiary/aromatic N) is 1. The first-order valence-electron chi connectivity index (χ1n) is 8.94. The molecule has 2 amide bonds. The number of halogens is 1. The van der Waals surface area contributed by atoms with Gasteiger partial charge in [-0.3, -0.25) is 9.59 Å². The van der Waals surface area contributed by atoms with Gasteiger partial charge in [0, 0.05) is 42.9 Å². The Balaban J connectivity index is 1.42. The minimum absolute atomic E-state index is 0.0634. The first-order valence-corrected chi connectivity index (χ1v) is 9.74. The predicted molar refractivity (Wildman–Crippen MR) is 106 cm³/mol. The van der Waals surface area contributed by atoms with Gasteiger partial charge in [-0.15, -0.1) is 0 Å². The molecule has 136 valence electrons. The van der Waals surface area contributed by atoms with E-state index in [1.165, 1.54) is 5.57 Å². The average Bonchev–Trinajstić information content (AvgIpc) is 2.90. The van der Waals surface area contributed by atoms with Crippen molar-refractivity contribution < 1.29 is 9.59 Å². The molecule has 1 heterocycles. The molecule has 0 bridgehead atoms. The van der Waals surface area contributed by atoms with E-state index in [1.807, 2.05) is 41.3 Å². The van der Waals surface area contributed by atoms with Crippen LogP contribution in [-0.4, -0.2) is 29.8 Å². The number of carbonyl (C=O) groups excluding carboxylic acids is 2. The van der Waals surface area contributed by atoms with Crippen molar-refractivity contribution in [3.63, 3.8) is 0 Å². The Morgan fingerprint density at radius 2 is 1.92 bits per heavy atom. The maximum Gasteiger partial charge on any atom is 0.223 e. The zero-order chi connectivity index (χ0) is 18.4. The van der Waals surface area contributed by atoms with Crippen LogP contribution in [0.4, 0.5) is 0 Å². The summed E-state index contributed by atoms with van der Waals surface area (Å²) in [5.74, 6) is 0.278. The molecule has 1 aliphatic heterocycles. The molecule has 4 nitrogen and oxygen atoms in total. The molecule has 1 fully saturated rings. The Morgan fingerprint density at radius 1 is 1.12 bits per heavy atom. The molecular weight excluding hydrogens is 392 g/mol. The molecule has 1 N–H and O–H groups in total. The molecule has 5 heteroatoms. The third-order valence-electron chi connectivity index (χ3n) is 4.76. The standard InChI is InChI=1S/C21H23BrN2O2/c22-19-8-6-16(7-9-19)14-23-20(25)10-11-21(26)24-13-12-17-4-2-1-3-5-18(17)15-24/h1-9,18H,10-15H2,(H,23,25). The second-order valence-electron chi connectivity index (χ2n) is 6.61. The van der Waals surface area contributed by atoms with Crippen LogP contribution in [0.2, 0.25) is 0 Å². The average molecular weight is 415 g/mol. The van der Waals surface area contributed by atoms with Crippen molar-refractivity contribution in [2.45, 2.75) is 25.8 Å². The second-order valence-corrected chi connectivity index (χ2v) is 7.53. The highest BCUT2D eigenvalue weighted by molar-refractivity contribution is 9.10. The number of allylic oxidation sites excluding steroid dienone is 4. The van der Waals surface area contributed by atoms with Gasteiger partial charge in [-0.25, -0.2) is 0 Å². The molecule has 0 aromatic heterocycles. The number of likely N-dealkylation sites (tertiary alicyclic amines) is 1. The van der Waals surface area contributed by atoms with Crippen LogP contribution in [-0.2, 0) is 16.1 Å². The SMILES string of the molecule is O=C(CCC(=O)N1CCC2=CC=CC=CC2C1)NCc1ccc(Br)cc1. The van der Waals surface area contributed by atoms with Crippen molar-refractivity contribution in [2.24, 2.45) is 5.92 Å². The van der Waals surface area contributed by atoms with E-state index in [0.29, 0.717) is 19.0 Å². The van der Waals surface area contributed by atoms with Gasteiger partial charge in [0.2, 0.25) is 11.8 Å². The zero-order valence-electron chi connectivity index (χ0n) is 14.7. The summed E-state index contributed by atoms with van der Waals surface area (Å²) in [7, 11) is 0. The number of benzene rings is 1. The second kappa shape index (κ2) is 8.99. The molecule has 26 heavy (non-hydrogen) atoms. The van der Waals surface area contributed by atoms with Gasteiger partial charge in [0.1, 0.15) is 0 Å². The Morgan fingerprint density at radius 3 is 2.73 bits per heavy atom. The fourth-order valence-electron chi connectivity index (χ4n) is 3.22. The van der Waals surface area contributed by atoms with Gasteiger partial charge < -0.3 is 10.2 Å². The molecule has 2 aliphatic rings. The summed E-state index contributed by atoms with van der Waals surface area (Å²) < 4.78 is 1.01. The van der Waals surface area contributed by atoms with Crippen molar-refractivity contribution in [1.29, 1.82) is 0 Å². The van der Waals surface area contributed by atoms with Gasteiger partial charge >= 0.3 is 0 Å². The largest absolute Gasteiger partial charge is 0.352 e. The number of amides is 2. The summed E-state index contributed by atoms with van der Waals surface area (Å²) in [5.41, 5.74) is 2.42. The van der Waals surface area contributed by atoms with E-state index in [1.54, 1.807) is 0 Å². The van der Waals surface area contributed by atoms with Gasteiger partial charge in [0.15, 0.2) is 0 Å². The Labute approximate surface area is 162 Å². The van der Waals surface area contributed by atoms with Crippen LogP contribution >= 0.6 is 15.9 Å². The Bertz CT molecular complexity index is 750. The highest BCUT2D eigenvalue weighted by atomic mass is 79.9. The fraction of sp³-hybridized carbons (Fsp3) is 0.333. The van der Waals surface area contributed by atoms with E-state index in [0.717, 1.165) is 23.0 Å². The summed E-state index contributed by atoms with van der Waals surface area (Å²) in [6.07, 6.45) is 11.8. The highest BCUT2D eigenvalue weighted by Crippen LogP contribution is 2.26. The van der Waals surface area contributed by atoms with E-state index in [-0.39, 0.29) is 24.7 Å². The van der Waals surface area contributed by atoms with Gasteiger partial charge in [-0.1, -0.05) is 64.0 Å². The third kappa shape index (κ3) is 5.18. The third-order valence-corrected chi connectivity index (χ3v) is 5.29. The molecule has 0 spiro atoms. The summed E-state index contributed by atoms with van der Waals surface area (Å²) in [5, 5.41) is 2.88. The van der Waals surface area contributed by atoms with Crippen molar-refractivity contribution in [2.75, 3.05) is 13.1 Å². The lowest BCUT2D eigenvalue weighted by Gasteiger charge is -2.33. The summed E-state index contributed by atoms with van der Waals surface area (Å²) in [6.45, 7) is 1.94. The van der Waals surface area contributed by atoms with E-state index >= 15 is 0 Å². The number of piperidine rings is 1. The van der Waals surface area contributed by atoms with Crippen LogP contribution in [0.3, 0.4) is 0 Å². The summed E-state index contributed by atoms with van der Waals surface area (Å²) in [6, 6.07) is 7.82. The van der Waals surface area contributed by atoms with Crippen LogP contribution in [0.25, 0.3) is 0 Å². The number of hydrogen-bond acceptors (Lipinski definition) is 2. The molecule has 0 radical (unpaired) electrons. The fourth-order valence-corrected chi connectivity index (χ4v) is 3.49. The molecule has 1 aliphatic carbocycles. The minimum Gasteiger partial charge on any atom is -0.352 e. The monoisotopic (exact) mass is 414 g/mol. The van der Waals surface area contributed by atoms with E-state index < -0.39 is 0 Å². The van der Waals surface area contributed by atoms with E-state index in [2.05, 4.69) is 39.5 Å². The molecule has 0 saturated carbocycles. The summed E-state index contributed by atoms with van der Waals surface area (Å²) >= 11 is 3.39. The maximum atomic E-state index is 12.5. The van der Waals surface area contributed by atoms with Gasteiger partial charge in [0.25, 0.3) is 0 Å². The first-order chi connectivity index (χ1) is 12.6.